The van der Waals surface area contributed by atoms with Crippen LogP contribution in [0.5, 0.6) is 0 Å². The molecule has 2 aromatic carbocycles. The minimum atomic E-state index is -0.267. The van der Waals surface area contributed by atoms with Gasteiger partial charge in [0.1, 0.15) is 11.9 Å². The van der Waals surface area contributed by atoms with Crippen LogP contribution in [0.3, 0.4) is 0 Å². The van der Waals surface area contributed by atoms with E-state index >= 15 is 0 Å². The Hall–Kier alpha value is -1.62. The Kier molecular flexibility index (Phi) is 6.60. The highest BCUT2D eigenvalue weighted by Gasteiger charge is 2.20. The SMILES string of the molecule is CC(C)[C@@H]([NH2+]CC(=O)Nc1ccc(Cl)cc1Cl)c1ccc(F)cc1. The van der Waals surface area contributed by atoms with Gasteiger partial charge >= 0.3 is 0 Å². The summed E-state index contributed by atoms with van der Waals surface area (Å²) in [4.78, 5) is 12.2. The summed E-state index contributed by atoms with van der Waals surface area (Å²) in [5.74, 6) is -0.134. The maximum absolute atomic E-state index is 13.1. The molecule has 0 unspecified atom stereocenters. The molecule has 0 radical (unpaired) electrons. The second-order valence-electron chi connectivity index (χ2n) is 5.93. The van der Waals surface area contributed by atoms with Gasteiger partial charge in [-0.3, -0.25) is 4.79 Å². The van der Waals surface area contributed by atoms with Gasteiger partial charge in [-0.1, -0.05) is 49.2 Å². The van der Waals surface area contributed by atoms with Gasteiger partial charge in [0, 0.05) is 16.5 Å². The Morgan fingerprint density at radius 1 is 1.17 bits per heavy atom. The zero-order valence-electron chi connectivity index (χ0n) is 13.5. The lowest BCUT2D eigenvalue weighted by Gasteiger charge is -2.19. The molecular weight excluding hydrogens is 350 g/mol. The normalized spacial score (nSPS) is 12.2. The van der Waals surface area contributed by atoms with Crippen LogP contribution < -0.4 is 10.6 Å². The summed E-state index contributed by atoms with van der Waals surface area (Å²) >= 11 is 11.9. The lowest BCUT2D eigenvalue weighted by atomic mass is 9.96. The minimum absolute atomic E-state index is 0.0667. The molecule has 3 N–H and O–H groups in total. The maximum Gasteiger partial charge on any atom is 0.279 e. The van der Waals surface area contributed by atoms with Crippen molar-refractivity contribution in [3.63, 3.8) is 0 Å². The van der Waals surface area contributed by atoms with E-state index in [1.165, 1.54) is 12.1 Å². The lowest BCUT2D eigenvalue weighted by molar-refractivity contribution is -0.692. The molecule has 6 heteroatoms. The van der Waals surface area contributed by atoms with Crippen molar-refractivity contribution in [2.45, 2.75) is 19.9 Å². The fourth-order valence-electron chi connectivity index (χ4n) is 2.50. The average Bonchev–Trinajstić information content (AvgIpc) is 2.52. The summed E-state index contributed by atoms with van der Waals surface area (Å²) in [5.41, 5.74) is 1.52. The number of nitrogens with two attached hydrogens (primary N) is 1. The highest BCUT2D eigenvalue weighted by atomic mass is 35.5. The third-order valence-corrected chi connectivity index (χ3v) is 4.28. The van der Waals surface area contributed by atoms with Crippen molar-refractivity contribution in [3.05, 3.63) is 63.9 Å². The Morgan fingerprint density at radius 3 is 2.42 bits per heavy atom. The van der Waals surface area contributed by atoms with Crippen LogP contribution in [0.4, 0.5) is 10.1 Å². The van der Waals surface area contributed by atoms with Crippen molar-refractivity contribution in [3.8, 4) is 0 Å². The van der Waals surface area contributed by atoms with Crippen LogP contribution in [-0.2, 0) is 4.79 Å². The number of rotatable bonds is 6. The third-order valence-electron chi connectivity index (χ3n) is 3.74. The number of benzene rings is 2. The highest BCUT2D eigenvalue weighted by Crippen LogP contribution is 2.25. The van der Waals surface area contributed by atoms with Gasteiger partial charge in [0.05, 0.1) is 10.7 Å². The van der Waals surface area contributed by atoms with E-state index in [0.29, 0.717) is 21.7 Å². The number of quaternary nitrogens is 1. The molecule has 0 saturated heterocycles. The number of hydrogen-bond acceptors (Lipinski definition) is 1. The molecule has 2 rings (SSSR count). The smallest absolute Gasteiger partial charge is 0.279 e. The standard InChI is InChI=1S/C18H19Cl2FN2O/c1-11(2)18(12-3-6-14(21)7-4-12)22-10-17(24)23-16-8-5-13(19)9-15(16)20/h3-9,11,18,22H,10H2,1-2H3,(H,23,24)/p+1/t18-/m1/s1. The van der Waals surface area contributed by atoms with Crippen molar-refractivity contribution < 1.29 is 14.5 Å². The zero-order valence-corrected chi connectivity index (χ0v) is 15.0. The van der Waals surface area contributed by atoms with Crippen LogP contribution in [0, 0.1) is 11.7 Å². The largest absolute Gasteiger partial charge is 0.332 e. The molecule has 24 heavy (non-hydrogen) atoms. The van der Waals surface area contributed by atoms with E-state index < -0.39 is 0 Å². The molecule has 128 valence electrons. The van der Waals surface area contributed by atoms with Gasteiger partial charge in [0.15, 0.2) is 6.54 Å². The minimum Gasteiger partial charge on any atom is -0.332 e. The first-order chi connectivity index (χ1) is 11.4. The fraction of sp³-hybridized carbons (Fsp3) is 0.278. The molecule has 0 bridgehead atoms. The van der Waals surface area contributed by atoms with Gasteiger partial charge in [0.25, 0.3) is 5.91 Å². The molecule has 0 aliphatic rings. The second kappa shape index (κ2) is 8.47. The van der Waals surface area contributed by atoms with Crippen molar-refractivity contribution in [2.75, 3.05) is 11.9 Å². The van der Waals surface area contributed by atoms with E-state index in [1.54, 1.807) is 30.3 Å². The molecule has 1 amide bonds. The van der Waals surface area contributed by atoms with Gasteiger partial charge in [-0.05, 0) is 30.3 Å². The van der Waals surface area contributed by atoms with Crippen LogP contribution in [0.2, 0.25) is 10.0 Å². The predicted octanol–water partition coefficient (Wildman–Crippen LogP) is 4.03. The van der Waals surface area contributed by atoms with Gasteiger partial charge in [-0.2, -0.15) is 0 Å². The first-order valence-corrected chi connectivity index (χ1v) is 8.46. The van der Waals surface area contributed by atoms with Gasteiger partial charge in [-0.15, -0.1) is 0 Å². The molecule has 0 aliphatic carbocycles. The Morgan fingerprint density at radius 2 is 1.83 bits per heavy atom. The van der Waals surface area contributed by atoms with Gasteiger partial charge in [0.2, 0.25) is 0 Å². The second-order valence-corrected chi connectivity index (χ2v) is 6.78. The number of carbonyl (C=O) groups is 1. The van der Waals surface area contributed by atoms with Crippen LogP contribution >= 0.6 is 23.2 Å². The lowest BCUT2D eigenvalue weighted by Crippen LogP contribution is -2.88. The van der Waals surface area contributed by atoms with Crippen LogP contribution in [-0.4, -0.2) is 12.5 Å². The maximum atomic E-state index is 13.1. The van der Waals surface area contributed by atoms with E-state index in [1.807, 2.05) is 5.32 Å². The number of nitrogens with one attached hydrogen (secondary N) is 1. The monoisotopic (exact) mass is 369 g/mol. The summed E-state index contributed by atoms with van der Waals surface area (Å²) < 4.78 is 13.1. The molecule has 0 heterocycles. The first-order valence-electron chi connectivity index (χ1n) is 7.70. The highest BCUT2D eigenvalue weighted by molar-refractivity contribution is 6.36. The van der Waals surface area contributed by atoms with Crippen molar-refractivity contribution in [1.82, 2.24) is 0 Å². The van der Waals surface area contributed by atoms with E-state index in [0.717, 1.165) is 5.56 Å². The van der Waals surface area contributed by atoms with Crippen LogP contribution in [0.15, 0.2) is 42.5 Å². The number of hydrogen-bond donors (Lipinski definition) is 2. The average molecular weight is 370 g/mol. The zero-order chi connectivity index (χ0) is 17.7. The van der Waals surface area contributed by atoms with E-state index in [4.69, 9.17) is 23.2 Å². The van der Waals surface area contributed by atoms with Gasteiger partial charge < -0.3 is 10.6 Å². The quantitative estimate of drug-likeness (QED) is 0.792. The van der Waals surface area contributed by atoms with E-state index in [-0.39, 0.29) is 24.3 Å². The Bertz CT molecular complexity index is 705. The molecule has 0 aromatic heterocycles. The summed E-state index contributed by atoms with van der Waals surface area (Å²) in [6, 6.07) is 11.4. The van der Waals surface area contributed by atoms with Crippen LogP contribution in [0.25, 0.3) is 0 Å². The topological polar surface area (TPSA) is 45.7 Å². The van der Waals surface area contributed by atoms with E-state index in [9.17, 15) is 9.18 Å². The third kappa shape index (κ3) is 5.20. The summed E-state index contributed by atoms with van der Waals surface area (Å²) in [6.07, 6.45) is 0. The van der Waals surface area contributed by atoms with Crippen molar-refractivity contribution in [1.29, 1.82) is 0 Å². The number of halogens is 3. The van der Waals surface area contributed by atoms with Crippen molar-refractivity contribution in [2.24, 2.45) is 5.92 Å². The summed E-state index contributed by atoms with van der Waals surface area (Å²) in [7, 11) is 0. The molecule has 1 atom stereocenters. The van der Waals surface area contributed by atoms with Crippen molar-refractivity contribution >= 4 is 34.8 Å². The van der Waals surface area contributed by atoms with Crippen LogP contribution in [0.1, 0.15) is 25.5 Å². The Balaban J connectivity index is 1.98. The molecule has 0 saturated carbocycles. The fourth-order valence-corrected chi connectivity index (χ4v) is 2.96. The van der Waals surface area contributed by atoms with E-state index in [2.05, 4.69) is 19.2 Å². The Labute approximate surface area is 151 Å². The summed E-state index contributed by atoms with van der Waals surface area (Å²) in [5, 5.41) is 5.63. The predicted molar refractivity (Wildman–Crippen MR) is 95.9 cm³/mol. The first kappa shape index (κ1) is 18.7. The summed E-state index contributed by atoms with van der Waals surface area (Å²) in [6.45, 7) is 4.37. The molecule has 0 fully saturated rings. The molecular formula is C18H20Cl2FN2O+. The number of carbonyl (C=O) groups excluding carboxylic acids is 1. The number of anilines is 1. The number of amides is 1. The molecule has 0 aliphatic heterocycles. The molecule has 3 nitrogen and oxygen atoms in total. The van der Waals surface area contributed by atoms with Gasteiger partial charge in [-0.25, -0.2) is 4.39 Å². The molecule has 0 spiro atoms. The molecule has 2 aromatic rings.